The fraction of sp³-hybridized carbons (Fsp3) is 0.690. The molecule has 0 spiro atoms. The lowest BCUT2D eigenvalue weighted by molar-refractivity contribution is -0.109. The van der Waals surface area contributed by atoms with Crippen LogP contribution in [0.25, 0.3) is 0 Å². The van der Waals surface area contributed by atoms with E-state index in [1.807, 2.05) is 39.8 Å². The summed E-state index contributed by atoms with van der Waals surface area (Å²) in [6.07, 6.45) is 0. The van der Waals surface area contributed by atoms with Crippen LogP contribution in [0.5, 0.6) is 0 Å². The third-order valence-electron chi connectivity index (χ3n) is 11.3. The van der Waals surface area contributed by atoms with Gasteiger partial charge in [-0.05, 0) is 115 Å². The minimum absolute atomic E-state index is 0.0122. The molecule has 0 aromatic heterocycles. The number of aliphatic hydroxyl groups excluding tert-OH is 1. The maximum absolute atomic E-state index is 11.5. The van der Waals surface area contributed by atoms with Crippen molar-refractivity contribution in [2.24, 2.45) is 0 Å². The first-order valence-electron chi connectivity index (χ1n) is 18.8. The van der Waals surface area contributed by atoms with Crippen molar-refractivity contribution in [3.05, 3.63) is 69.8 Å². The highest BCUT2D eigenvalue weighted by molar-refractivity contribution is 8.14. The van der Waals surface area contributed by atoms with Gasteiger partial charge in [-0.15, -0.1) is 0 Å². The molecule has 0 fully saturated rings. The van der Waals surface area contributed by atoms with E-state index in [0.29, 0.717) is 19.8 Å². The van der Waals surface area contributed by atoms with Gasteiger partial charge in [0, 0.05) is 11.7 Å². The quantitative estimate of drug-likeness (QED) is 0.195. The summed E-state index contributed by atoms with van der Waals surface area (Å²) in [5.41, 5.74) is 5.20. The SMILES string of the molecule is CC(=O)SC(C)(C)c1cc(CO)cc(CO[Si](C)(C)C(C)(C)C)c1.CC(C)(O)c1cc(CO[Si](C)(C)C(C)(C)C)cc(CO[Si](C)(C)C(C)(C)C)c1. The van der Waals surface area contributed by atoms with E-state index in [4.69, 9.17) is 13.3 Å². The predicted octanol–water partition coefficient (Wildman–Crippen LogP) is 12.2. The van der Waals surface area contributed by atoms with Crippen LogP contribution < -0.4 is 0 Å². The molecule has 2 N–H and O–H groups in total. The average molecular weight is 793 g/mol. The number of aliphatic hydroxyl groups is 2. The zero-order chi connectivity index (χ0) is 40.9. The van der Waals surface area contributed by atoms with Crippen LogP contribution in [0.3, 0.4) is 0 Å². The second-order valence-electron chi connectivity index (χ2n) is 20.0. The molecule has 298 valence electrons. The zero-order valence-electron chi connectivity index (χ0n) is 36.7. The van der Waals surface area contributed by atoms with E-state index in [9.17, 15) is 15.0 Å². The number of thioether (sulfide) groups is 1. The molecule has 0 aliphatic rings. The molecule has 52 heavy (non-hydrogen) atoms. The molecule has 0 unspecified atom stereocenters. The van der Waals surface area contributed by atoms with Gasteiger partial charge in [-0.2, -0.15) is 0 Å². The molecule has 2 rings (SSSR count). The third-order valence-corrected chi connectivity index (χ3v) is 25.8. The Morgan fingerprint density at radius 3 is 1.12 bits per heavy atom. The van der Waals surface area contributed by atoms with Crippen LogP contribution in [0.2, 0.25) is 54.4 Å². The van der Waals surface area contributed by atoms with Crippen LogP contribution in [-0.4, -0.2) is 40.3 Å². The van der Waals surface area contributed by atoms with Gasteiger partial charge in [0.1, 0.15) is 0 Å². The van der Waals surface area contributed by atoms with Gasteiger partial charge in [-0.1, -0.05) is 110 Å². The Morgan fingerprint density at radius 2 is 0.846 bits per heavy atom. The topological polar surface area (TPSA) is 85.2 Å². The van der Waals surface area contributed by atoms with E-state index >= 15 is 0 Å². The van der Waals surface area contributed by atoms with Crippen LogP contribution in [-0.2, 0) is 54.8 Å². The molecule has 2 aromatic carbocycles. The summed E-state index contributed by atoms with van der Waals surface area (Å²) in [5.74, 6) is 0. The van der Waals surface area contributed by atoms with Crippen LogP contribution in [0.1, 0.15) is 130 Å². The molecule has 0 aliphatic carbocycles. The predicted molar refractivity (Wildman–Crippen MR) is 231 cm³/mol. The summed E-state index contributed by atoms with van der Waals surface area (Å²) in [5, 5.41) is 20.8. The number of carbonyl (C=O) groups excluding carboxylic acids is 1. The fourth-order valence-corrected chi connectivity index (χ4v) is 8.26. The molecule has 0 aliphatic heterocycles. The maximum Gasteiger partial charge on any atom is 0.192 e. The lowest BCUT2D eigenvalue weighted by atomic mass is 9.94. The van der Waals surface area contributed by atoms with Crippen LogP contribution in [0, 0.1) is 0 Å². The largest absolute Gasteiger partial charge is 0.413 e. The zero-order valence-corrected chi connectivity index (χ0v) is 40.5. The molecule has 0 heterocycles. The summed E-state index contributed by atoms with van der Waals surface area (Å²) in [7, 11) is -5.48. The van der Waals surface area contributed by atoms with Gasteiger partial charge in [0.05, 0.1) is 32.0 Å². The number of hydrogen-bond donors (Lipinski definition) is 2. The first-order chi connectivity index (χ1) is 23.0. The van der Waals surface area contributed by atoms with Gasteiger partial charge in [-0.25, -0.2) is 0 Å². The van der Waals surface area contributed by atoms with E-state index in [-0.39, 0.29) is 31.6 Å². The van der Waals surface area contributed by atoms with E-state index in [1.165, 1.54) is 11.8 Å². The summed E-state index contributed by atoms with van der Waals surface area (Å²) < 4.78 is 18.8. The average Bonchev–Trinajstić information content (AvgIpc) is 2.95. The summed E-state index contributed by atoms with van der Waals surface area (Å²) in [6.45, 7) is 44.8. The van der Waals surface area contributed by atoms with Crippen LogP contribution in [0.15, 0.2) is 36.4 Å². The third kappa shape index (κ3) is 14.9. The molecule has 0 radical (unpaired) electrons. The smallest absolute Gasteiger partial charge is 0.192 e. The normalized spacial score (nSPS) is 13.9. The van der Waals surface area contributed by atoms with Crippen LogP contribution >= 0.6 is 11.8 Å². The van der Waals surface area contributed by atoms with Crippen molar-refractivity contribution in [1.82, 2.24) is 0 Å². The molecule has 6 nitrogen and oxygen atoms in total. The molecule has 0 amide bonds. The highest BCUT2D eigenvalue weighted by Gasteiger charge is 2.39. The van der Waals surface area contributed by atoms with Gasteiger partial charge < -0.3 is 23.5 Å². The Hall–Kier alpha value is -1.09. The van der Waals surface area contributed by atoms with Crippen molar-refractivity contribution in [2.45, 2.75) is 188 Å². The summed E-state index contributed by atoms with van der Waals surface area (Å²) in [6, 6.07) is 12.4. The Kier molecular flexibility index (Phi) is 16.7. The van der Waals surface area contributed by atoms with Crippen molar-refractivity contribution in [3.8, 4) is 0 Å². The van der Waals surface area contributed by atoms with Crippen molar-refractivity contribution in [2.75, 3.05) is 0 Å². The highest BCUT2D eigenvalue weighted by Crippen LogP contribution is 2.41. The minimum atomic E-state index is -1.83. The molecular formula is C42H76O6SSi3. The molecule has 10 heteroatoms. The van der Waals surface area contributed by atoms with Gasteiger partial charge in [-0.3, -0.25) is 4.79 Å². The maximum atomic E-state index is 11.5. The van der Waals surface area contributed by atoms with Gasteiger partial charge >= 0.3 is 0 Å². The summed E-state index contributed by atoms with van der Waals surface area (Å²) in [4.78, 5) is 11.5. The van der Waals surface area contributed by atoms with E-state index in [0.717, 1.165) is 33.4 Å². The van der Waals surface area contributed by atoms with Crippen molar-refractivity contribution < 1.29 is 28.3 Å². The Labute approximate surface area is 326 Å². The van der Waals surface area contributed by atoms with E-state index in [1.54, 1.807) is 6.92 Å². The number of carbonyl (C=O) groups is 1. The Balaban J connectivity index is 0.000000526. The standard InChI is InChI=1S/C23H44O3Si2.C19H32O3SSi/c1-21(2,3)27(9,10)25-16-18-13-19(15-20(14-18)23(7,8)24)17-26-28(11,12)22(4,5)6;1-14(21)23-19(5,6)17-10-15(12-20)9-16(11-17)13-22-24(7,8)18(2,3)4/h13-15,24H,16-17H2,1-12H3;9-11,20H,12-13H2,1-8H3. The molecular weight excluding hydrogens is 717 g/mol. The lowest BCUT2D eigenvalue weighted by Gasteiger charge is -2.37. The van der Waals surface area contributed by atoms with E-state index in [2.05, 4.69) is 126 Å². The van der Waals surface area contributed by atoms with Gasteiger partial charge in [0.15, 0.2) is 30.1 Å². The second kappa shape index (κ2) is 17.8. The van der Waals surface area contributed by atoms with Gasteiger partial charge in [0.25, 0.3) is 0 Å². The van der Waals surface area contributed by atoms with Crippen molar-refractivity contribution in [3.63, 3.8) is 0 Å². The second-order valence-corrected chi connectivity index (χ2v) is 36.3. The minimum Gasteiger partial charge on any atom is -0.413 e. The molecule has 0 saturated carbocycles. The Bertz CT molecular complexity index is 1420. The first kappa shape index (κ1) is 48.9. The first-order valence-corrected chi connectivity index (χ1v) is 28.3. The highest BCUT2D eigenvalue weighted by atomic mass is 32.2. The van der Waals surface area contributed by atoms with E-state index < -0.39 is 30.6 Å². The van der Waals surface area contributed by atoms with Crippen molar-refractivity contribution >= 4 is 41.8 Å². The monoisotopic (exact) mass is 792 g/mol. The lowest BCUT2D eigenvalue weighted by Crippen LogP contribution is -2.40. The molecule has 0 bridgehead atoms. The van der Waals surface area contributed by atoms with Crippen molar-refractivity contribution in [1.29, 1.82) is 0 Å². The Morgan fingerprint density at radius 1 is 0.558 bits per heavy atom. The number of benzene rings is 2. The van der Waals surface area contributed by atoms with Crippen LogP contribution in [0.4, 0.5) is 0 Å². The fourth-order valence-electron chi connectivity index (χ4n) is 4.43. The number of rotatable bonds is 13. The summed E-state index contributed by atoms with van der Waals surface area (Å²) >= 11 is 1.31. The molecule has 2 aromatic rings. The molecule has 0 saturated heterocycles. The van der Waals surface area contributed by atoms with Gasteiger partial charge in [0.2, 0.25) is 0 Å². The number of hydrogen-bond acceptors (Lipinski definition) is 7. The molecule has 0 atom stereocenters.